The van der Waals surface area contributed by atoms with Crippen LogP contribution in [0.15, 0.2) is 5.03 Å². The molecule has 1 aliphatic heterocycles. The van der Waals surface area contributed by atoms with E-state index in [1.807, 2.05) is 0 Å². The quantitative estimate of drug-likeness (QED) is 0.645. The van der Waals surface area contributed by atoms with E-state index < -0.39 is 0 Å². The molecule has 0 aliphatic carbocycles. The molecule has 0 radical (unpaired) electrons. The van der Waals surface area contributed by atoms with E-state index in [2.05, 4.69) is 30.4 Å². The fourth-order valence-electron chi connectivity index (χ4n) is 1.99. The molecule has 3 nitrogen and oxygen atoms in total. The van der Waals surface area contributed by atoms with Gasteiger partial charge in [-0.2, -0.15) is 0 Å². The minimum atomic E-state index is 0.620. The van der Waals surface area contributed by atoms with E-state index in [4.69, 9.17) is 4.98 Å². The second kappa shape index (κ2) is 5.15. The average molecular weight is 237 g/mol. The summed E-state index contributed by atoms with van der Waals surface area (Å²) in [6.45, 7) is 6.39. The Morgan fingerprint density at radius 2 is 2.19 bits per heavy atom. The van der Waals surface area contributed by atoms with Gasteiger partial charge in [0, 0.05) is 31.5 Å². The highest BCUT2D eigenvalue weighted by Gasteiger charge is 2.17. The van der Waals surface area contributed by atoms with E-state index in [0.717, 1.165) is 36.8 Å². The second-order valence-electron chi connectivity index (χ2n) is 4.60. The summed E-state index contributed by atoms with van der Waals surface area (Å²) in [6, 6.07) is 0. The molecule has 0 atom stereocenters. The third-order valence-corrected chi connectivity index (χ3v) is 3.45. The molecule has 0 spiro atoms. The third kappa shape index (κ3) is 2.55. The van der Waals surface area contributed by atoms with Crippen molar-refractivity contribution >= 4 is 11.8 Å². The van der Waals surface area contributed by atoms with Gasteiger partial charge in [0.25, 0.3) is 0 Å². The molecule has 2 rings (SSSR count). The zero-order valence-corrected chi connectivity index (χ0v) is 11.0. The Kier molecular flexibility index (Phi) is 3.82. The zero-order chi connectivity index (χ0) is 11.5. The lowest BCUT2D eigenvalue weighted by Gasteiger charge is -2.19. The first-order valence-corrected chi connectivity index (χ1v) is 7.06. The molecule has 0 aromatic carbocycles. The van der Waals surface area contributed by atoms with Crippen LogP contribution in [0.25, 0.3) is 0 Å². The highest BCUT2D eigenvalue weighted by Crippen LogP contribution is 2.23. The summed E-state index contributed by atoms with van der Waals surface area (Å²) >= 11 is 1.73. The van der Waals surface area contributed by atoms with Gasteiger partial charge in [-0.25, -0.2) is 9.97 Å². The van der Waals surface area contributed by atoms with E-state index in [1.165, 1.54) is 11.3 Å². The number of aromatic nitrogens is 2. The summed E-state index contributed by atoms with van der Waals surface area (Å²) in [5.41, 5.74) is 2.57. The zero-order valence-electron chi connectivity index (χ0n) is 10.2. The summed E-state index contributed by atoms with van der Waals surface area (Å²) in [4.78, 5) is 9.35. The Labute approximate surface area is 101 Å². The lowest BCUT2D eigenvalue weighted by molar-refractivity contribution is 0.576. The van der Waals surface area contributed by atoms with Gasteiger partial charge in [-0.05, 0) is 12.2 Å². The van der Waals surface area contributed by atoms with Gasteiger partial charge in [0.15, 0.2) is 0 Å². The molecule has 0 saturated carbocycles. The fourth-order valence-corrected chi connectivity index (χ4v) is 2.62. The van der Waals surface area contributed by atoms with Gasteiger partial charge < -0.3 is 5.32 Å². The molecule has 88 valence electrons. The number of nitrogens with zero attached hydrogens (tertiary/aromatic N) is 2. The van der Waals surface area contributed by atoms with Crippen LogP contribution in [0.2, 0.25) is 0 Å². The van der Waals surface area contributed by atoms with Crippen LogP contribution in [0.5, 0.6) is 0 Å². The summed E-state index contributed by atoms with van der Waals surface area (Å²) in [5, 5.41) is 4.54. The maximum Gasteiger partial charge on any atom is 0.130 e. The number of nitrogens with one attached hydrogen (secondary N) is 1. The van der Waals surface area contributed by atoms with Gasteiger partial charge in [-0.3, -0.25) is 0 Å². The van der Waals surface area contributed by atoms with E-state index in [9.17, 15) is 0 Å². The van der Waals surface area contributed by atoms with Crippen LogP contribution in [0, 0.1) is 5.92 Å². The molecule has 0 unspecified atom stereocenters. The Hall–Kier alpha value is -0.610. The molecule has 1 aromatic rings. The molecule has 1 aromatic heterocycles. The van der Waals surface area contributed by atoms with E-state index in [0.29, 0.717) is 5.92 Å². The van der Waals surface area contributed by atoms with Crippen LogP contribution < -0.4 is 5.32 Å². The average Bonchev–Trinajstić information content (AvgIpc) is 2.27. The normalized spacial score (nSPS) is 15.2. The largest absolute Gasteiger partial charge is 0.312 e. The Balaban J connectivity index is 2.35. The minimum Gasteiger partial charge on any atom is -0.312 e. The van der Waals surface area contributed by atoms with E-state index in [-0.39, 0.29) is 0 Å². The Bertz CT molecular complexity index is 360. The molecule has 1 aliphatic rings. The smallest absolute Gasteiger partial charge is 0.130 e. The Morgan fingerprint density at radius 1 is 1.38 bits per heavy atom. The van der Waals surface area contributed by atoms with E-state index >= 15 is 0 Å². The van der Waals surface area contributed by atoms with Crippen molar-refractivity contribution in [1.82, 2.24) is 15.3 Å². The number of thioether (sulfide) groups is 1. The predicted octanol–water partition coefficient (Wildman–Crippen LogP) is 2.04. The molecule has 0 bridgehead atoms. The van der Waals surface area contributed by atoms with Crippen molar-refractivity contribution < 1.29 is 0 Å². The molecule has 16 heavy (non-hydrogen) atoms. The summed E-state index contributed by atoms with van der Waals surface area (Å²) in [5.74, 6) is 1.63. The van der Waals surface area contributed by atoms with Gasteiger partial charge in [0.2, 0.25) is 0 Å². The van der Waals surface area contributed by atoms with Crippen LogP contribution in [0.4, 0.5) is 0 Å². The monoisotopic (exact) mass is 237 g/mol. The molecule has 0 amide bonds. The van der Waals surface area contributed by atoms with Crippen molar-refractivity contribution in [2.45, 2.75) is 38.3 Å². The predicted molar refractivity (Wildman–Crippen MR) is 67.8 cm³/mol. The van der Waals surface area contributed by atoms with E-state index in [1.54, 1.807) is 11.8 Å². The lowest BCUT2D eigenvalue weighted by Crippen LogP contribution is -2.26. The van der Waals surface area contributed by atoms with Gasteiger partial charge in [0.05, 0.1) is 5.69 Å². The maximum absolute atomic E-state index is 4.70. The standard InChI is InChI=1S/C12H19N3S/c1-8(2)6-11-14-10-4-5-13-7-9(10)12(15-11)16-3/h8,13H,4-7H2,1-3H3. The van der Waals surface area contributed by atoms with Crippen molar-refractivity contribution in [2.24, 2.45) is 5.92 Å². The third-order valence-electron chi connectivity index (χ3n) is 2.73. The van der Waals surface area contributed by atoms with Crippen molar-refractivity contribution in [1.29, 1.82) is 0 Å². The lowest BCUT2D eigenvalue weighted by atomic mass is 10.1. The number of hydrogen-bond acceptors (Lipinski definition) is 4. The molecule has 2 heterocycles. The molecular weight excluding hydrogens is 218 g/mol. The molecule has 0 fully saturated rings. The first-order valence-electron chi connectivity index (χ1n) is 5.84. The summed E-state index contributed by atoms with van der Waals surface area (Å²) < 4.78 is 0. The number of fused-ring (bicyclic) bond motifs is 1. The first kappa shape index (κ1) is 11.9. The van der Waals surface area contributed by atoms with Gasteiger partial charge >= 0.3 is 0 Å². The van der Waals surface area contributed by atoms with Crippen LogP contribution in [-0.2, 0) is 19.4 Å². The van der Waals surface area contributed by atoms with Crippen LogP contribution in [0.1, 0.15) is 30.9 Å². The van der Waals surface area contributed by atoms with Crippen molar-refractivity contribution in [3.8, 4) is 0 Å². The number of rotatable bonds is 3. The topological polar surface area (TPSA) is 37.8 Å². The highest BCUT2D eigenvalue weighted by atomic mass is 32.2. The maximum atomic E-state index is 4.70. The summed E-state index contributed by atoms with van der Waals surface area (Å²) in [6.07, 6.45) is 4.11. The second-order valence-corrected chi connectivity index (χ2v) is 5.39. The molecule has 1 N–H and O–H groups in total. The fraction of sp³-hybridized carbons (Fsp3) is 0.667. The van der Waals surface area contributed by atoms with Gasteiger partial charge in [-0.1, -0.05) is 13.8 Å². The van der Waals surface area contributed by atoms with Gasteiger partial charge in [0.1, 0.15) is 10.9 Å². The molecule has 4 heteroatoms. The first-order chi connectivity index (χ1) is 7.70. The Morgan fingerprint density at radius 3 is 2.88 bits per heavy atom. The number of hydrogen-bond donors (Lipinski definition) is 1. The SMILES string of the molecule is CSc1nc(CC(C)C)nc2c1CNCC2. The van der Waals surface area contributed by atoms with Crippen molar-refractivity contribution in [3.05, 3.63) is 17.1 Å². The van der Waals surface area contributed by atoms with Crippen molar-refractivity contribution in [3.63, 3.8) is 0 Å². The highest BCUT2D eigenvalue weighted by molar-refractivity contribution is 7.98. The summed E-state index contributed by atoms with van der Waals surface area (Å²) in [7, 11) is 0. The van der Waals surface area contributed by atoms with Crippen molar-refractivity contribution in [2.75, 3.05) is 12.8 Å². The molecular formula is C12H19N3S. The van der Waals surface area contributed by atoms with Crippen LogP contribution >= 0.6 is 11.8 Å². The minimum absolute atomic E-state index is 0.620. The van der Waals surface area contributed by atoms with Gasteiger partial charge in [-0.15, -0.1) is 11.8 Å². The van der Waals surface area contributed by atoms with Crippen LogP contribution in [-0.4, -0.2) is 22.8 Å². The van der Waals surface area contributed by atoms with Crippen LogP contribution in [0.3, 0.4) is 0 Å². The molecule has 0 saturated heterocycles.